The first-order valence-electron chi connectivity index (χ1n) is 17.2. The lowest BCUT2D eigenvalue weighted by atomic mass is 10.2. The number of aryl methyl sites for hydroxylation is 2. The Hall–Kier alpha value is -7.73. The van der Waals surface area contributed by atoms with Crippen LogP contribution in [-0.4, -0.2) is 35.4 Å². The van der Waals surface area contributed by atoms with Crippen molar-refractivity contribution < 1.29 is 19.0 Å². The Morgan fingerprint density at radius 1 is 0.564 bits per heavy atom. The fourth-order valence-electron chi connectivity index (χ4n) is 5.36. The van der Waals surface area contributed by atoms with E-state index in [-0.39, 0.29) is 5.91 Å². The molecule has 8 aromatic rings. The van der Waals surface area contributed by atoms with Crippen LogP contribution in [0.4, 0.5) is 11.4 Å². The molecule has 0 saturated carbocycles. The van der Waals surface area contributed by atoms with E-state index in [2.05, 4.69) is 25.5 Å². The summed E-state index contributed by atoms with van der Waals surface area (Å²) in [6.07, 6.45) is 10.7. The van der Waals surface area contributed by atoms with Gasteiger partial charge in [-0.05, 0) is 72.8 Å². The van der Waals surface area contributed by atoms with Crippen molar-refractivity contribution >= 4 is 17.3 Å². The van der Waals surface area contributed by atoms with E-state index in [0.29, 0.717) is 45.7 Å². The summed E-state index contributed by atoms with van der Waals surface area (Å²) in [5, 5.41) is 11.2. The third-order valence-corrected chi connectivity index (χ3v) is 7.98. The second-order valence-electron chi connectivity index (χ2n) is 12.3. The van der Waals surface area contributed by atoms with Gasteiger partial charge in [0.1, 0.15) is 34.5 Å². The molecule has 4 aromatic carbocycles. The van der Waals surface area contributed by atoms with E-state index in [1.165, 1.54) is 0 Å². The molecule has 0 aliphatic carbocycles. The monoisotopic (exact) mass is 728 g/mol. The van der Waals surface area contributed by atoms with Gasteiger partial charge in [0.25, 0.3) is 5.91 Å². The zero-order valence-corrected chi connectivity index (χ0v) is 30.0. The Morgan fingerprint density at radius 2 is 1.07 bits per heavy atom. The van der Waals surface area contributed by atoms with Gasteiger partial charge in [-0.3, -0.25) is 24.1 Å². The van der Waals surface area contributed by atoms with E-state index in [4.69, 9.17) is 19.9 Å². The number of pyridine rings is 2. The average Bonchev–Trinajstić information content (AvgIpc) is 3.84. The van der Waals surface area contributed by atoms with E-state index in [1.54, 1.807) is 76.6 Å². The van der Waals surface area contributed by atoms with Crippen LogP contribution in [0.5, 0.6) is 34.5 Å². The fourth-order valence-corrected chi connectivity index (χ4v) is 5.36. The molecule has 12 nitrogen and oxygen atoms in total. The van der Waals surface area contributed by atoms with Gasteiger partial charge in [0.15, 0.2) is 0 Å². The maximum Gasteiger partial charge on any atom is 0.255 e. The predicted molar refractivity (Wildman–Crippen MR) is 211 cm³/mol. The molecule has 4 heterocycles. The van der Waals surface area contributed by atoms with Gasteiger partial charge < -0.3 is 25.3 Å². The Kier molecular flexibility index (Phi) is 10.9. The number of hydrogen-bond donors (Lipinski definition) is 2. The van der Waals surface area contributed by atoms with Gasteiger partial charge in [-0.15, -0.1) is 0 Å². The predicted octanol–water partition coefficient (Wildman–Crippen LogP) is 9.18. The highest BCUT2D eigenvalue weighted by atomic mass is 16.5. The lowest BCUT2D eigenvalue weighted by Gasteiger charge is -2.10. The number of hydrogen-bond acceptors (Lipinski definition) is 9. The van der Waals surface area contributed by atoms with Gasteiger partial charge in [-0.2, -0.15) is 10.2 Å². The van der Waals surface area contributed by atoms with Crippen LogP contribution in [0.25, 0.3) is 22.5 Å². The topological polar surface area (TPSA) is 144 Å². The number of carbonyl (C=O) groups excluding carboxylic acids is 1. The number of carbonyl (C=O) groups is 1. The number of para-hydroxylation sites is 1. The molecule has 55 heavy (non-hydrogen) atoms. The Balaban J connectivity index is 0.000000197. The molecule has 272 valence electrons. The summed E-state index contributed by atoms with van der Waals surface area (Å²) >= 11 is 0. The van der Waals surface area contributed by atoms with Gasteiger partial charge in [0.2, 0.25) is 0 Å². The zero-order chi connectivity index (χ0) is 38.0. The molecular weight excluding hydrogens is 693 g/mol. The average molecular weight is 729 g/mol. The first-order chi connectivity index (χ1) is 26.8. The van der Waals surface area contributed by atoms with E-state index < -0.39 is 0 Å². The number of anilines is 2. The molecule has 1 amide bonds. The highest BCUT2D eigenvalue weighted by Gasteiger charge is 2.10. The summed E-state index contributed by atoms with van der Waals surface area (Å²) in [6.45, 7) is 0. The van der Waals surface area contributed by atoms with Crippen LogP contribution in [0.1, 0.15) is 10.4 Å². The molecule has 0 radical (unpaired) electrons. The van der Waals surface area contributed by atoms with E-state index in [1.807, 2.05) is 111 Å². The first-order valence-corrected chi connectivity index (χ1v) is 17.2. The van der Waals surface area contributed by atoms with Gasteiger partial charge in [-0.1, -0.05) is 30.3 Å². The largest absolute Gasteiger partial charge is 0.457 e. The van der Waals surface area contributed by atoms with Crippen molar-refractivity contribution in [1.82, 2.24) is 29.5 Å². The maximum absolute atomic E-state index is 12.7. The second kappa shape index (κ2) is 16.7. The minimum Gasteiger partial charge on any atom is -0.457 e. The highest BCUT2D eigenvalue weighted by Crippen LogP contribution is 2.29. The molecule has 12 heteroatoms. The van der Waals surface area contributed by atoms with E-state index in [0.717, 1.165) is 28.3 Å². The van der Waals surface area contributed by atoms with Crippen molar-refractivity contribution in [2.75, 3.05) is 11.1 Å². The number of ether oxygens (including phenoxy) is 3. The van der Waals surface area contributed by atoms with Crippen LogP contribution in [0.2, 0.25) is 0 Å². The van der Waals surface area contributed by atoms with Crippen molar-refractivity contribution in [3.63, 3.8) is 0 Å². The summed E-state index contributed by atoms with van der Waals surface area (Å²) in [4.78, 5) is 21.5. The summed E-state index contributed by atoms with van der Waals surface area (Å²) in [5.74, 6) is 3.82. The number of nitrogens with two attached hydrogens (primary N) is 1. The normalized spacial score (nSPS) is 10.5. The number of nitrogens with one attached hydrogen (secondary N) is 1. The van der Waals surface area contributed by atoms with Crippen LogP contribution in [0, 0.1) is 0 Å². The number of amides is 1. The van der Waals surface area contributed by atoms with Crippen LogP contribution >= 0.6 is 0 Å². The maximum atomic E-state index is 12.7. The standard InChI is InChI=1S/C28H22N4O3.C15H14N4O/c1-32-19-21(18-30-32)27-17-26(14-15-29-27)35-25-9-5-6-22(16-25)31-28(33)20-10-12-24(13-11-20)34-23-7-3-2-4-8-23;1-19-10-11(9-18-19)15-8-14(5-6-17-15)20-13-4-2-3-12(16)7-13/h2-19H,1H3,(H,31,33);2-10H,16H2,1H3. The highest BCUT2D eigenvalue weighted by molar-refractivity contribution is 6.04. The molecule has 0 atom stereocenters. The van der Waals surface area contributed by atoms with Gasteiger partial charge in [-0.25, -0.2) is 0 Å². The van der Waals surface area contributed by atoms with Gasteiger partial charge in [0.05, 0.1) is 23.8 Å². The van der Waals surface area contributed by atoms with Gasteiger partial charge in [0, 0.05) is 91.2 Å². The number of nitrogens with zero attached hydrogens (tertiary/aromatic N) is 6. The number of benzene rings is 4. The summed E-state index contributed by atoms with van der Waals surface area (Å²) in [7, 11) is 3.73. The molecule has 0 saturated heterocycles. The zero-order valence-electron chi connectivity index (χ0n) is 30.0. The smallest absolute Gasteiger partial charge is 0.255 e. The first kappa shape index (κ1) is 35.7. The van der Waals surface area contributed by atoms with Crippen molar-refractivity contribution in [2.45, 2.75) is 0 Å². The van der Waals surface area contributed by atoms with E-state index >= 15 is 0 Å². The van der Waals surface area contributed by atoms with Crippen molar-refractivity contribution in [2.24, 2.45) is 14.1 Å². The molecule has 4 aromatic heterocycles. The van der Waals surface area contributed by atoms with Crippen LogP contribution in [-0.2, 0) is 14.1 Å². The Morgan fingerprint density at radius 3 is 1.64 bits per heavy atom. The summed E-state index contributed by atoms with van der Waals surface area (Å²) in [5.41, 5.74) is 11.0. The minimum absolute atomic E-state index is 0.226. The molecule has 0 unspecified atom stereocenters. The molecular formula is C43H36N8O4. The van der Waals surface area contributed by atoms with Crippen LogP contribution in [0.3, 0.4) is 0 Å². The quantitative estimate of drug-likeness (QED) is 0.132. The second-order valence-corrected chi connectivity index (χ2v) is 12.3. The number of rotatable bonds is 10. The molecule has 0 aliphatic heterocycles. The molecule has 3 N–H and O–H groups in total. The summed E-state index contributed by atoms with van der Waals surface area (Å²) in [6, 6.07) is 38.4. The molecule has 0 spiro atoms. The Labute approximate surface area is 317 Å². The minimum atomic E-state index is -0.226. The lowest BCUT2D eigenvalue weighted by molar-refractivity contribution is 0.102. The fraction of sp³-hybridized carbons (Fsp3) is 0.0465. The van der Waals surface area contributed by atoms with Crippen molar-refractivity contribution in [3.05, 3.63) is 170 Å². The molecule has 8 rings (SSSR count). The third kappa shape index (κ3) is 9.78. The number of aromatic nitrogens is 6. The third-order valence-electron chi connectivity index (χ3n) is 7.98. The molecule has 0 fully saturated rings. The molecule has 0 aliphatic rings. The lowest BCUT2D eigenvalue weighted by Crippen LogP contribution is -2.11. The number of nitrogen functional groups attached to an aromatic ring is 1. The van der Waals surface area contributed by atoms with Crippen molar-refractivity contribution in [3.8, 4) is 57.0 Å². The molecule has 0 bridgehead atoms. The van der Waals surface area contributed by atoms with E-state index in [9.17, 15) is 4.79 Å². The van der Waals surface area contributed by atoms with Gasteiger partial charge >= 0.3 is 0 Å². The van der Waals surface area contributed by atoms with Crippen LogP contribution in [0.15, 0.2) is 165 Å². The van der Waals surface area contributed by atoms with Crippen molar-refractivity contribution in [1.29, 1.82) is 0 Å². The van der Waals surface area contributed by atoms with Crippen LogP contribution < -0.4 is 25.3 Å². The summed E-state index contributed by atoms with van der Waals surface area (Å²) < 4.78 is 21.0. The Bertz CT molecular complexity index is 2520. The SMILES string of the molecule is Cn1cc(-c2cc(Oc3cccc(N)c3)ccn2)cn1.Cn1cc(-c2cc(Oc3cccc(NC(=O)c4ccc(Oc5ccccc5)cc4)c3)ccn2)cn1.